The zero-order valence-corrected chi connectivity index (χ0v) is 17.9. The standard InChI is InChI=1S/C20H28N4O5S/c1-14(25)22-17-4-6-18(7-5-17)30(28,29)24-10-2-3-16(13-24)20(27)23-11-8-15(9-12-23)19(21)26/h4-7,15-16H,2-3,8-13H2,1H3,(H2,21,26)(H,22,25)/t16-/m0/s1. The molecule has 0 aromatic heterocycles. The molecular weight excluding hydrogens is 408 g/mol. The van der Waals surface area contributed by atoms with Crippen LogP contribution >= 0.6 is 0 Å². The predicted octanol–water partition coefficient (Wildman–Crippen LogP) is 0.770. The lowest BCUT2D eigenvalue weighted by atomic mass is 9.93. The molecule has 2 heterocycles. The van der Waals surface area contributed by atoms with Crippen molar-refractivity contribution in [2.45, 2.75) is 37.5 Å². The molecule has 2 aliphatic heterocycles. The van der Waals surface area contributed by atoms with Crippen LogP contribution in [0, 0.1) is 11.8 Å². The van der Waals surface area contributed by atoms with Gasteiger partial charge >= 0.3 is 0 Å². The van der Waals surface area contributed by atoms with Gasteiger partial charge in [-0.15, -0.1) is 0 Å². The summed E-state index contributed by atoms with van der Waals surface area (Å²) in [4.78, 5) is 37.2. The lowest BCUT2D eigenvalue weighted by Crippen LogP contribution is -2.49. The first kappa shape index (κ1) is 22.2. The van der Waals surface area contributed by atoms with E-state index in [1.165, 1.54) is 23.4 Å². The van der Waals surface area contributed by atoms with Crippen LogP contribution in [0.1, 0.15) is 32.6 Å². The van der Waals surface area contributed by atoms with Crippen molar-refractivity contribution >= 4 is 33.4 Å². The molecule has 164 valence electrons. The molecule has 3 amide bonds. The Morgan fingerprint density at radius 1 is 1.00 bits per heavy atom. The van der Waals surface area contributed by atoms with Crippen molar-refractivity contribution in [3.63, 3.8) is 0 Å². The van der Waals surface area contributed by atoms with E-state index in [4.69, 9.17) is 5.73 Å². The Balaban J connectivity index is 1.65. The summed E-state index contributed by atoms with van der Waals surface area (Å²) in [6.07, 6.45) is 2.35. The van der Waals surface area contributed by atoms with E-state index in [2.05, 4.69) is 5.32 Å². The number of primary amides is 1. The Hall–Kier alpha value is -2.46. The van der Waals surface area contributed by atoms with Crippen LogP contribution in [0.15, 0.2) is 29.2 Å². The number of carbonyl (C=O) groups excluding carboxylic acids is 3. The number of carbonyl (C=O) groups is 3. The zero-order chi connectivity index (χ0) is 21.9. The molecule has 3 rings (SSSR count). The molecule has 0 unspecified atom stereocenters. The van der Waals surface area contributed by atoms with Gasteiger partial charge in [-0.05, 0) is 49.9 Å². The van der Waals surface area contributed by atoms with Gasteiger partial charge in [0.25, 0.3) is 0 Å². The van der Waals surface area contributed by atoms with E-state index in [1.807, 2.05) is 0 Å². The van der Waals surface area contributed by atoms with Crippen LogP contribution in [0.3, 0.4) is 0 Å². The Morgan fingerprint density at radius 3 is 2.20 bits per heavy atom. The molecule has 0 aliphatic carbocycles. The van der Waals surface area contributed by atoms with Crippen LogP contribution in [0.5, 0.6) is 0 Å². The van der Waals surface area contributed by atoms with E-state index in [0.717, 1.165) is 0 Å². The van der Waals surface area contributed by atoms with Crippen LogP contribution in [0.4, 0.5) is 5.69 Å². The highest BCUT2D eigenvalue weighted by Crippen LogP contribution is 2.27. The number of nitrogens with zero attached hydrogens (tertiary/aromatic N) is 2. The van der Waals surface area contributed by atoms with Crippen LogP contribution in [-0.4, -0.2) is 61.5 Å². The first-order valence-corrected chi connectivity index (χ1v) is 11.6. The second kappa shape index (κ2) is 9.13. The first-order valence-electron chi connectivity index (χ1n) is 10.1. The highest BCUT2D eigenvalue weighted by molar-refractivity contribution is 7.89. The second-order valence-electron chi connectivity index (χ2n) is 7.91. The minimum atomic E-state index is -3.74. The first-order chi connectivity index (χ1) is 14.2. The molecular formula is C20H28N4O5S. The molecule has 1 atom stereocenters. The molecule has 3 N–H and O–H groups in total. The number of amides is 3. The van der Waals surface area contributed by atoms with Gasteiger partial charge in [0.2, 0.25) is 27.7 Å². The average molecular weight is 437 g/mol. The van der Waals surface area contributed by atoms with Gasteiger partial charge in [0.15, 0.2) is 0 Å². The second-order valence-corrected chi connectivity index (χ2v) is 9.85. The van der Waals surface area contributed by atoms with Gasteiger partial charge in [-0.25, -0.2) is 8.42 Å². The molecule has 30 heavy (non-hydrogen) atoms. The number of sulfonamides is 1. The zero-order valence-electron chi connectivity index (χ0n) is 17.0. The highest BCUT2D eigenvalue weighted by Gasteiger charge is 2.36. The van der Waals surface area contributed by atoms with Crippen molar-refractivity contribution in [2.24, 2.45) is 17.6 Å². The van der Waals surface area contributed by atoms with Gasteiger partial charge < -0.3 is 16.0 Å². The molecule has 1 aromatic rings. The summed E-state index contributed by atoms with van der Waals surface area (Å²) in [5, 5.41) is 2.60. The number of piperidine rings is 2. The summed E-state index contributed by atoms with van der Waals surface area (Å²) in [7, 11) is -3.74. The van der Waals surface area contributed by atoms with Crippen molar-refractivity contribution in [1.29, 1.82) is 0 Å². The highest BCUT2D eigenvalue weighted by atomic mass is 32.2. The summed E-state index contributed by atoms with van der Waals surface area (Å²) in [6, 6.07) is 6.01. The molecule has 0 radical (unpaired) electrons. The van der Waals surface area contributed by atoms with Crippen molar-refractivity contribution in [3.8, 4) is 0 Å². The molecule has 0 saturated carbocycles. The monoisotopic (exact) mass is 436 g/mol. The summed E-state index contributed by atoms with van der Waals surface area (Å²) in [5.41, 5.74) is 5.87. The van der Waals surface area contributed by atoms with Gasteiger partial charge in [0.1, 0.15) is 0 Å². The molecule has 2 aliphatic rings. The van der Waals surface area contributed by atoms with Gasteiger partial charge in [-0.2, -0.15) is 4.31 Å². The summed E-state index contributed by atoms with van der Waals surface area (Å²) in [5.74, 6) is -1.21. The third-order valence-electron chi connectivity index (χ3n) is 5.75. The molecule has 10 heteroatoms. The number of anilines is 1. The normalized spacial score (nSPS) is 21.2. The largest absolute Gasteiger partial charge is 0.369 e. The van der Waals surface area contributed by atoms with Gasteiger partial charge in [0.05, 0.1) is 10.8 Å². The molecule has 0 bridgehead atoms. The van der Waals surface area contributed by atoms with Crippen LogP contribution < -0.4 is 11.1 Å². The predicted molar refractivity (Wildman–Crippen MR) is 111 cm³/mol. The van der Waals surface area contributed by atoms with Crippen molar-refractivity contribution < 1.29 is 22.8 Å². The third-order valence-corrected chi connectivity index (χ3v) is 7.63. The summed E-state index contributed by atoms with van der Waals surface area (Å²) < 4.78 is 27.5. The number of likely N-dealkylation sites (tertiary alicyclic amines) is 1. The molecule has 9 nitrogen and oxygen atoms in total. The quantitative estimate of drug-likeness (QED) is 0.704. The maximum atomic E-state index is 13.0. The fraction of sp³-hybridized carbons (Fsp3) is 0.550. The van der Waals surface area contributed by atoms with E-state index in [-0.39, 0.29) is 35.1 Å². The van der Waals surface area contributed by atoms with Crippen LogP contribution in [-0.2, 0) is 24.4 Å². The maximum absolute atomic E-state index is 13.0. The van der Waals surface area contributed by atoms with Crippen LogP contribution in [0.2, 0.25) is 0 Å². The minimum Gasteiger partial charge on any atom is -0.369 e. The van der Waals surface area contributed by atoms with E-state index in [1.54, 1.807) is 17.0 Å². The molecule has 1 aromatic carbocycles. The topological polar surface area (TPSA) is 130 Å². The van der Waals surface area contributed by atoms with Crippen molar-refractivity contribution in [3.05, 3.63) is 24.3 Å². The number of nitrogens with two attached hydrogens (primary N) is 1. The number of nitrogens with one attached hydrogen (secondary N) is 1. The Morgan fingerprint density at radius 2 is 1.63 bits per heavy atom. The van der Waals surface area contributed by atoms with Crippen molar-refractivity contribution in [2.75, 3.05) is 31.5 Å². The molecule has 2 saturated heterocycles. The lowest BCUT2D eigenvalue weighted by Gasteiger charge is -2.37. The Bertz CT molecular complexity index is 908. The average Bonchev–Trinajstić information content (AvgIpc) is 2.73. The van der Waals surface area contributed by atoms with Gasteiger partial charge in [-0.1, -0.05) is 0 Å². The number of rotatable bonds is 5. The van der Waals surface area contributed by atoms with Crippen molar-refractivity contribution in [1.82, 2.24) is 9.21 Å². The van der Waals surface area contributed by atoms with Gasteiger partial charge in [-0.3, -0.25) is 14.4 Å². The Kier molecular flexibility index (Phi) is 6.77. The maximum Gasteiger partial charge on any atom is 0.243 e. The fourth-order valence-corrected chi connectivity index (χ4v) is 5.59. The van der Waals surface area contributed by atoms with E-state index >= 15 is 0 Å². The minimum absolute atomic E-state index is 0.0566. The number of hydrogen-bond donors (Lipinski definition) is 2. The molecule has 2 fully saturated rings. The Labute approximate surface area is 176 Å². The number of hydrogen-bond acceptors (Lipinski definition) is 5. The lowest BCUT2D eigenvalue weighted by molar-refractivity contribution is -0.139. The van der Waals surface area contributed by atoms with Crippen LogP contribution in [0.25, 0.3) is 0 Å². The summed E-state index contributed by atoms with van der Waals surface area (Å²) >= 11 is 0. The fourth-order valence-electron chi connectivity index (χ4n) is 4.07. The third kappa shape index (κ3) is 4.99. The van der Waals surface area contributed by atoms with E-state index in [0.29, 0.717) is 51.0 Å². The van der Waals surface area contributed by atoms with Gasteiger partial charge in [0, 0.05) is 44.7 Å². The van der Waals surface area contributed by atoms with E-state index in [9.17, 15) is 22.8 Å². The number of benzene rings is 1. The summed E-state index contributed by atoms with van der Waals surface area (Å²) in [6.45, 7) is 2.83. The smallest absolute Gasteiger partial charge is 0.243 e. The molecule has 0 spiro atoms. The van der Waals surface area contributed by atoms with E-state index < -0.39 is 15.9 Å². The SMILES string of the molecule is CC(=O)Nc1ccc(S(=O)(=O)N2CCC[C@H](C(=O)N3CCC(C(N)=O)CC3)C2)cc1.